The van der Waals surface area contributed by atoms with Gasteiger partial charge in [-0.3, -0.25) is 10.4 Å². The summed E-state index contributed by atoms with van der Waals surface area (Å²) in [5.41, 5.74) is 4.34. The van der Waals surface area contributed by atoms with Gasteiger partial charge in [-0.25, -0.2) is 0 Å². The fourth-order valence-corrected chi connectivity index (χ4v) is 0.829. The van der Waals surface area contributed by atoms with Gasteiger partial charge in [-0.15, -0.1) is 0 Å². The first kappa shape index (κ1) is 11.3. The molecule has 1 heterocycles. The molecule has 0 aliphatic carbocycles. The van der Waals surface area contributed by atoms with Gasteiger partial charge in [-0.1, -0.05) is 0 Å². The summed E-state index contributed by atoms with van der Waals surface area (Å²) < 4.78 is 40.9. The lowest BCUT2D eigenvalue weighted by atomic mass is 10.2. The van der Waals surface area contributed by atoms with Crippen molar-refractivity contribution in [1.29, 1.82) is 5.41 Å². The van der Waals surface area contributed by atoms with Gasteiger partial charge in [-0.2, -0.15) is 13.2 Å². The first-order valence-corrected chi connectivity index (χ1v) is 3.88. The van der Waals surface area contributed by atoms with E-state index in [9.17, 15) is 13.2 Å². The SMILES string of the molecule is N=C(N)OCc1ccc(C(F)(F)F)cn1. The van der Waals surface area contributed by atoms with E-state index in [-0.39, 0.29) is 12.3 Å². The van der Waals surface area contributed by atoms with Crippen LogP contribution >= 0.6 is 0 Å². The Morgan fingerprint density at radius 1 is 1.47 bits per heavy atom. The number of halogens is 3. The number of alkyl halides is 3. The maximum atomic E-state index is 12.1. The highest BCUT2D eigenvalue weighted by molar-refractivity contribution is 5.67. The molecular weight excluding hydrogens is 211 g/mol. The molecule has 15 heavy (non-hydrogen) atoms. The maximum Gasteiger partial charge on any atom is 0.417 e. The van der Waals surface area contributed by atoms with Gasteiger partial charge in [0.2, 0.25) is 0 Å². The van der Waals surface area contributed by atoms with Crippen molar-refractivity contribution < 1.29 is 17.9 Å². The molecule has 0 aromatic carbocycles. The van der Waals surface area contributed by atoms with Gasteiger partial charge in [0.15, 0.2) is 0 Å². The molecule has 1 aromatic heterocycles. The minimum atomic E-state index is -4.40. The van der Waals surface area contributed by atoms with E-state index >= 15 is 0 Å². The summed E-state index contributed by atoms with van der Waals surface area (Å²) in [7, 11) is 0. The third-order valence-corrected chi connectivity index (χ3v) is 1.53. The maximum absolute atomic E-state index is 12.1. The molecule has 0 spiro atoms. The zero-order valence-corrected chi connectivity index (χ0v) is 7.51. The number of hydrogen-bond donors (Lipinski definition) is 2. The normalized spacial score (nSPS) is 11.1. The highest BCUT2D eigenvalue weighted by Gasteiger charge is 2.30. The summed E-state index contributed by atoms with van der Waals surface area (Å²) in [5.74, 6) is 0. The highest BCUT2D eigenvalue weighted by atomic mass is 19.4. The first-order valence-electron chi connectivity index (χ1n) is 3.88. The van der Waals surface area contributed by atoms with Crippen molar-refractivity contribution in [1.82, 2.24) is 4.98 Å². The molecule has 0 aliphatic rings. The van der Waals surface area contributed by atoms with Crippen molar-refractivity contribution in [2.75, 3.05) is 0 Å². The van der Waals surface area contributed by atoms with Gasteiger partial charge in [0.05, 0.1) is 11.3 Å². The van der Waals surface area contributed by atoms with Gasteiger partial charge in [0, 0.05) is 6.20 Å². The molecule has 0 atom stereocenters. The molecule has 0 saturated carbocycles. The zero-order valence-electron chi connectivity index (χ0n) is 7.51. The van der Waals surface area contributed by atoms with E-state index in [2.05, 4.69) is 9.72 Å². The minimum Gasteiger partial charge on any atom is -0.459 e. The standard InChI is InChI=1S/C8H8F3N3O/c9-8(10,11)5-1-2-6(14-3-5)4-15-7(12)13/h1-3H,4H2,(H3,12,13). The lowest BCUT2D eigenvalue weighted by molar-refractivity contribution is -0.137. The third-order valence-electron chi connectivity index (χ3n) is 1.53. The molecule has 0 radical (unpaired) electrons. The predicted octanol–water partition coefficient (Wildman–Crippen LogP) is 1.51. The lowest BCUT2D eigenvalue weighted by Gasteiger charge is -2.07. The predicted molar refractivity (Wildman–Crippen MR) is 45.9 cm³/mol. The van der Waals surface area contributed by atoms with Gasteiger partial charge in [0.1, 0.15) is 6.61 Å². The topological polar surface area (TPSA) is 72.0 Å². The van der Waals surface area contributed by atoms with Crippen molar-refractivity contribution >= 4 is 6.02 Å². The van der Waals surface area contributed by atoms with E-state index in [0.717, 1.165) is 6.07 Å². The van der Waals surface area contributed by atoms with Crippen molar-refractivity contribution in [3.8, 4) is 0 Å². The Labute approximate surface area is 83.4 Å². The molecule has 0 amide bonds. The van der Waals surface area contributed by atoms with E-state index in [4.69, 9.17) is 11.1 Å². The van der Waals surface area contributed by atoms with E-state index in [1.165, 1.54) is 6.07 Å². The highest BCUT2D eigenvalue weighted by Crippen LogP contribution is 2.28. The van der Waals surface area contributed by atoms with Crippen molar-refractivity contribution in [2.45, 2.75) is 12.8 Å². The number of ether oxygens (including phenoxy) is 1. The summed E-state index contributed by atoms with van der Waals surface area (Å²) >= 11 is 0. The van der Waals surface area contributed by atoms with Crippen LogP contribution in [0.15, 0.2) is 18.3 Å². The number of nitrogens with two attached hydrogens (primary N) is 1. The Morgan fingerprint density at radius 3 is 2.53 bits per heavy atom. The quantitative estimate of drug-likeness (QED) is 0.585. The summed E-state index contributed by atoms with van der Waals surface area (Å²) in [6.07, 6.45) is -3.69. The summed E-state index contributed by atoms with van der Waals surface area (Å²) in [6.45, 7) is -0.118. The van der Waals surface area contributed by atoms with Crippen LogP contribution in [0.3, 0.4) is 0 Å². The second kappa shape index (κ2) is 4.16. The number of pyridine rings is 1. The van der Waals surface area contributed by atoms with Crippen LogP contribution in [0.4, 0.5) is 13.2 Å². The molecule has 0 saturated heterocycles. The minimum absolute atomic E-state index is 0.118. The number of nitrogens with one attached hydrogen (secondary N) is 1. The summed E-state index contributed by atoms with van der Waals surface area (Å²) in [4.78, 5) is 3.52. The average Bonchev–Trinajstić information content (AvgIpc) is 2.14. The molecular formula is C8H8F3N3O. The summed E-state index contributed by atoms with van der Waals surface area (Å²) in [6, 6.07) is 1.56. The lowest BCUT2D eigenvalue weighted by Crippen LogP contribution is -2.14. The Bertz CT molecular complexity index is 347. The van der Waals surface area contributed by atoms with Gasteiger partial charge in [-0.05, 0) is 12.1 Å². The first-order chi connectivity index (χ1) is 6.89. The van der Waals surface area contributed by atoms with E-state index < -0.39 is 17.8 Å². The van der Waals surface area contributed by atoms with E-state index in [0.29, 0.717) is 6.20 Å². The molecule has 0 unspecified atom stereocenters. The smallest absolute Gasteiger partial charge is 0.417 e. The van der Waals surface area contributed by atoms with Crippen LogP contribution in [0, 0.1) is 5.41 Å². The van der Waals surface area contributed by atoms with Crippen LogP contribution in [0.5, 0.6) is 0 Å². The molecule has 82 valence electrons. The van der Waals surface area contributed by atoms with Gasteiger partial charge < -0.3 is 10.5 Å². The number of amidine groups is 1. The molecule has 4 nitrogen and oxygen atoms in total. The van der Waals surface area contributed by atoms with Gasteiger partial charge in [0.25, 0.3) is 6.02 Å². The fraction of sp³-hybridized carbons (Fsp3) is 0.250. The van der Waals surface area contributed by atoms with Crippen molar-refractivity contribution in [2.24, 2.45) is 5.73 Å². The Hall–Kier alpha value is -1.79. The average molecular weight is 219 g/mol. The second-order valence-corrected chi connectivity index (χ2v) is 2.69. The zero-order chi connectivity index (χ0) is 11.5. The summed E-state index contributed by atoms with van der Waals surface area (Å²) in [5, 5.41) is 6.73. The molecule has 0 aliphatic heterocycles. The monoisotopic (exact) mass is 219 g/mol. The molecule has 7 heteroatoms. The van der Waals surface area contributed by atoms with Crippen molar-refractivity contribution in [3.63, 3.8) is 0 Å². The number of hydrogen-bond acceptors (Lipinski definition) is 3. The molecule has 1 aromatic rings. The Kier molecular flexibility index (Phi) is 3.13. The Balaban J connectivity index is 2.69. The largest absolute Gasteiger partial charge is 0.459 e. The van der Waals surface area contributed by atoms with E-state index in [1.807, 2.05) is 0 Å². The third kappa shape index (κ3) is 3.45. The fourth-order valence-electron chi connectivity index (χ4n) is 0.829. The van der Waals surface area contributed by atoms with Crippen molar-refractivity contribution in [3.05, 3.63) is 29.6 Å². The number of rotatable bonds is 2. The van der Waals surface area contributed by atoms with Crippen LogP contribution in [-0.4, -0.2) is 11.0 Å². The number of nitrogens with zero attached hydrogens (tertiary/aromatic N) is 1. The van der Waals surface area contributed by atoms with Crippen LogP contribution in [-0.2, 0) is 17.5 Å². The van der Waals surface area contributed by atoms with E-state index in [1.54, 1.807) is 0 Å². The Morgan fingerprint density at radius 2 is 2.13 bits per heavy atom. The number of aromatic nitrogens is 1. The molecule has 0 fully saturated rings. The van der Waals surface area contributed by atoms with Crippen LogP contribution in [0.2, 0.25) is 0 Å². The second-order valence-electron chi connectivity index (χ2n) is 2.69. The van der Waals surface area contributed by atoms with Crippen LogP contribution in [0.25, 0.3) is 0 Å². The van der Waals surface area contributed by atoms with Crippen LogP contribution in [0.1, 0.15) is 11.3 Å². The molecule has 1 rings (SSSR count). The molecule has 0 bridgehead atoms. The van der Waals surface area contributed by atoms with Gasteiger partial charge >= 0.3 is 6.18 Å². The molecule has 3 N–H and O–H groups in total. The van der Waals surface area contributed by atoms with Crippen LogP contribution < -0.4 is 5.73 Å².